The molecule has 2 aromatic heterocycles. The number of hydrogen-bond acceptors (Lipinski definition) is 7. The van der Waals surface area contributed by atoms with Gasteiger partial charge in [-0.15, -0.1) is 11.3 Å². The van der Waals surface area contributed by atoms with Crippen LogP contribution in [0.2, 0.25) is 0 Å². The molecule has 0 radical (unpaired) electrons. The van der Waals surface area contributed by atoms with E-state index in [4.69, 9.17) is 19.0 Å². The Balaban J connectivity index is 1.26. The van der Waals surface area contributed by atoms with Crippen molar-refractivity contribution >= 4 is 11.3 Å². The molecule has 0 spiro atoms. The van der Waals surface area contributed by atoms with Crippen molar-refractivity contribution < 1.29 is 14.0 Å². The molecular weight excluding hydrogens is 374 g/mol. The number of fused-ring (bicyclic) bond motifs is 1. The molecule has 0 N–H and O–H groups in total. The zero-order valence-corrected chi connectivity index (χ0v) is 15.6. The number of benzene rings is 2. The van der Waals surface area contributed by atoms with Crippen LogP contribution in [0.25, 0.3) is 34.1 Å². The Bertz CT molecular complexity index is 1160. The largest absolute Gasteiger partial charge is 0.454 e. The maximum Gasteiger partial charge on any atom is 0.258 e. The molecule has 6 nitrogen and oxygen atoms in total. The highest BCUT2D eigenvalue weighted by molar-refractivity contribution is 7.10. The van der Waals surface area contributed by atoms with Crippen LogP contribution in [0, 0.1) is 0 Å². The average molecular weight is 389 g/mol. The highest BCUT2D eigenvalue weighted by Crippen LogP contribution is 2.42. The quantitative estimate of drug-likeness (QED) is 0.482. The number of thiazole rings is 1. The second kappa shape index (κ2) is 6.17. The molecule has 1 aliphatic carbocycles. The maximum atomic E-state index is 5.45. The van der Waals surface area contributed by atoms with Gasteiger partial charge in [-0.25, -0.2) is 4.98 Å². The molecule has 0 unspecified atom stereocenters. The van der Waals surface area contributed by atoms with Crippen LogP contribution < -0.4 is 9.47 Å². The van der Waals surface area contributed by atoms with Gasteiger partial charge in [0.2, 0.25) is 12.6 Å². The van der Waals surface area contributed by atoms with E-state index >= 15 is 0 Å². The van der Waals surface area contributed by atoms with E-state index in [0.717, 1.165) is 28.1 Å². The summed E-state index contributed by atoms with van der Waals surface area (Å²) < 4.78 is 16.2. The Kier molecular flexibility index (Phi) is 3.49. The van der Waals surface area contributed by atoms with Gasteiger partial charge in [-0.3, -0.25) is 0 Å². The van der Waals surface area contributed by atoms with Crippen molar-refractivity contribution in [2.45, 2.75) is 18.8 Å². The van der Waals surface area contributed by atoms with Crippen molar-refractivity contribution in [2.24, 2.45) is 0 Å². The molecule has 4 aromatic rings. The van der Waals surface area contributed by atoms with Gasteiger partial charge in [-0.05, 0) is 31.0 Å². The van der Waals surface area contributed by atoms with Crippen molar-refractivity contribution in [2.75, 3.05) is 6.79 Å². The summed E-state index contributed by atoms with van der Waals surface area (Å²) in [5, 5.41) is 7.51. The molecule has 6 rings (SSSR count). The molecule has 0 bridgehead atoms. The minimum atomic E-state index is 0.237. The average Bonchev–Trinajstić information content (AvgIpc) is 3.17. The first-order chi connectivity index (χ1) is 13.8. The van der Waals surface area contributed by atoms with Crippen molar-refractivity contribution in [3.05, 3.63) is 52.9 Å². The molecule has 138 valence electrons. The van der Waals surface area contributed by atoms with Gasteiger partial charge in [0.25, 0.3) is 5.89 Å². The Hall–Kier alpha value is -3.19. The number of ether oxygens (including phenoxy) is 2. The van der Waals surface area contributed by atoms with Gasteiger partial charge in [-0.2, -0.15) is 4.98 Å². The van der Waals surface area contributed by atoms with E-state index in [1.165, 1.54) is 17.8 Å². The van der Waals surface area contributed by atoms with Crippen LogP contribution in [-0.2, 0) is 0 Å². The normalized spacial score (nSPS) is 15.1. The zero-order valence-electron chi connectivity index (χ0n) is 14.8. The Morgan fingerprint density at radius 2 is 1.64 bits per heavy atom. The summed E-state index contributed by atoms with van der Waals surface area (Å²) in [6.45, 7) is 0.237. The number of nitrogens with zero attached hydrogens (tertiary/aromatic N) is 3. The highest BCUT2D eigenvalue weighted by atomic mass is 32.1. The first-order valence-electron chi connectivity index (χ1n) is 9.13. The van der Waals surface area contributed by atoms with Crippen LogP contribution >= 0.6 is 11.3 Å². The number of hydrogen-bond donors (Lipinski definition) is 0. The molecule has 0 amide bonds. The van der Waals surface area contributed by atoms with Crippen molar-refractivity contribution in [3.8, 4) is 45.6 Å². The molecule has 1 aliphatic heterocycles. The topological polar surface area (TPSA) is 70.3 Å². The Morgan fingerprint density at radius 1 is 0.857 bits per heavy atom. The smallest absolute Gasteiger partial charge is 0.258 e. The monoisotopic (exact) mass is 389 g/mol. The van der Waals surface area contributed by atoms with Gasteiger partial charge in [-0.1, -0.05) is 29.4 Å². The van der Waals surface area contributed by atoms with Crippen LogP contribution in [0.5, 0.6) is 11.5 Å². The van der Waals surface area contributed by atoms with Crippen molar-refractivity contribution in [1.29, 1.82) is 0 Å². The molecular formula is C21H15N3O3S. The van der Waals surface area contributed by atoms with E-state index in [1.807, 2.05) is 30.3 Å². The second-order valence-electron chi connectivity index (χ2n) is 6.91. The minimum absolute atomic E-state index is 0.237. The fourth-order valence-corrected chi connectivity index (χ4v) is 4.22. The van der Waals surface area contributed by atoms with E-state index in [9.17, 15) is 0 Å². The lowest BCUT2D eigenvalue weighted by atomic mass is 10.1. The van der Waals surface area contributed by atoms with Crippen LogP contribution in [0.1, 0.15) is 23.8 Å². The summed E-state index contributed by atoms with van der Waals surface area (Å²) in [5.41, 5.74) is 3.84. The molecule has 28 heavy (non-hydrogen) atoms. The van der Waals surface area contributed by atoms with Gasteiger partial charge in [0.05, 0.1) is 10.7 Å². The summed E-state index contributed by atoms with van der Waals surface area (Å²) in [4.78, 5) is 9.29. The summed E-state index contributed by atoms with van der Waals surface area (Å²) in [7, 11) is 0. The predicted octanol–water partition coefficient (Wildman–Crippen LogP) is 5.13. The van der Waals surface area contributed by atoms with Crippen molar-refractivity contribution in [1.82, 2.24) is 15.1 Å². The third-order valence-corrected chi connectivity index (χ3v) is 5.94. The summed E-state index contributed by atoms with van der Waals surface area (Å²) in [5.74, 6) is 3.11. The van der Waals surface area contributed by atoms with Gasteiger partial charge >= 0.3 is 0 Å². The number of rotatable bonds is 4. The number of aromatic nitrogens is 3. The fourth-order valence-electron chi connectivity index (χ4n) is 3.22. The van der Waals surface area contributed by atoms with Crippen molar-refractivity contribution in [3.63, 3.8) is 0 Å². The fraction of sp³-hybridized carbons (Fsp3) is 0.190. The van der Waals surface area contributed by atoms with E-state index in [1.54, 1.807) is 11.3 Å². The summed E-state index contributed by atoms with van der Waals surface area (Å²) >= 11 is 1.75. The molecule has 0 saturated heterocycles. The van der Waals surface area contributed by atoms with E-state index in [-0.39, 0.29) is 6.79 Å². The van der Waals surface area contributed by atoms with Crippen LogP contribution in [-0.4, -0.2) is 21.9 Å². The van der Waals surface area contributed by atoms with Gasteiger partial charge in [0.15, 0.2) is 11.5 Å². The maximum absolute atomic E-state index is 5.45. The minimum Gasteiger partial charge on any atom is -0.454 e. The Labute approximate surface area is 164 Å². The van der Waals surface area contributed by atoms with E-state index < -0.39 is 0 Å². The first kappa shape index (κ1) is 15.8. The second-order valence-corrected chi connectivity index (χ2v) is 7.80. The van der Waals surface area contributed by atoms with Gasteiger partial charge in [0.1, 0.15) is 0 Å². The zero-order chi connectivity index (χ0) is 18.5. The molecule has 1 saturated carbocycles. The van der Waals surface area contributed by atoms with Gasteiger partial charge in [0, 0.05) is 28.0 Å². The molecule has 1 fully saturated rings. The summed E-state index contributed by atoms with van der Waals surface area (Å²) in [6, 6.07) is 13.7. The lowest BCUT2D eigenvalue weighted by molar-refractivity contribution is 0.174. The third-order valence-electron chi connectivity index (χ3n) is 4.93. The van der Waals surface area contributed by atoms with E-state index in [2.05, 4.69) is 27.7 Å². The van der Waals surface area contributed by atoms with Crippen LogP contribution in [0.15, 0.2) is 52.4 Å². The lowest BCUT2D eigenvalue weighted by Gasteiger charge is -1.99. The van der Waals surface area contributed by atoms with Crippen LogP contribution in [0.4, 0.5) is 0 Å². The van der Waals surface area contributed by atoms with E-state index in [0.29, 0.717) is 23.4 Å². The molecule has 7 heteroatoms. The highest BCUT2D eigenvalue weighted by Gasteiger charge is 2.26. The first-order valence-corrected chi connectivity index (χ1v) is 10.0. The molecule has 2 aliphatic rings. The molecule has 2 aromatic carbocycles. The summed E-state index contributed by atoms with van der Waals surface area (Å²) in [6.07, 6.45) is 2.55. The third kappa shape index (κ3) is 2.75. The van der Waals surface area contributed by atoms with Crippen LogP contribution in [0.3, 0.4) is 0 Å². The lowest BCUT2D eigenvalue weighted by Crippen LogP contribution is -1.92. The standard InChI is InChI=1S/C21H15N3O3S/c1-3-13(4-2-12(1)16-10-28-21(22-16)14-5-6-14)19-23-20(27-24-19)15-7-8-17-18(9-15)26-11-25-17/h1-4,7-10,14H,5-6,11H2. The predicted molar refractivity (Wildman–Crippen MR) is 104 cm³/mol. The molecule has 0 atom stereocenters. The SMILES string of the molecule is c1cc(-c2noc(-c3ccc4c(c3)OCO4)n2)ccc1-c1csc(C2CC2)n1. The molecule has 3 heterocycles. The Morgan fingerprint density at radius 3 is 2.50 bits per heavy atom. The van der Waals surface area contributed by atoms with Gasteiger partial charge < -0.3 is 14.0 Å².